The molecule has 1 aromatic rings. The fraction of sp³-hybridized carbons (Fsp3) is 0.588. The summed E-state index contributed by atoms with van der Waals surface area (Å²) < 4.78 is 5.44. The number of fused-ring (bicyclic) bond motifs is 1. The van der Waals surface area contributed by atoms with Crippen molar-refractivity contribution in [1.82, 2.24) is 4.90 Å². The number of benzene rings is 1. The second kappa shape index (κ2) is 6.16. The number of carbonyl (C=O) groups excluding carboxylic acids is 1. The van der Waals surface area contributed by atoms with E-state index in [9.17, 15) is 4.79 Å². The van der Waals surface area contributed by atoms with Crippen molar-refractivity contribution < 1.29 is 9.53 Å². The molecule has 2 N–H and O–H groups in total. The van der Waals surface area contributed by atoms with Crippen molar-refractivity contribution in [3.63, 3.8) is 0 Å². The lowest BCUT2D eigenvalue weighted by atomic mass is 9.96. The number of carbonyl (C=O) groups is 1. The molecule has 0 spiro atoms. The van der Waals surface area contributed by atoms with E-state index in [1.54, 1.807) is 7.11 Å². The minimum absolute atomic E-state index is 0.0912. The Bertz CT molecular complexity index is 530. The van der Waals surface area contributed by atoms with Crippen LogP contribution in [0.3, 0.4) is 0 Å². The smallest absolute Gasteiger partial charge is 0.254 e. The van der Waals surface area contributed by atoms with E-state index in [2.05, 4.69) is 6.07 Å². The van der Waals surface area contributed by atoms with Crippen LogP contribution in [0, 0.1) is 0 Å². The number of hydrogen-bond donors (Lipinski definition) is 1. The van der Waals surface area contributed by atoms with Crippen LogP contribution in [0.4, 0.5) is 0 Å². The van der Waals surface area contributed by atoms with E-state index in [1.807, 2.05) is 17.0 Å². The van der Waals surface area contributed by atoms with Gasteiger partial charge in [-0.2, -0.15) is 0 Å². The number of nitrogens with zero attached hydrogens (tertiary/aromatic N) is 1. The molecule has 2 atom stereocenters. The average Bonchev–Trinajstić information content (AvgIpc) is 3.02. The summed E-state index contributed by atoms with van der Waals surface area (Å²) in [4.78, 5) is 14.9. The maximum Gasteiger partial charge on any atom is 0.254 e. The highest BCUT2D eigenvalue weighted by molar-refractivity contribution is 5.96. The topological polar surface area (TPSA) is 55.6 Å². The zero-order valence-electron chi connectivity index (χ0n) is 12.7. The van der Waals surface area contributed by atoms with Gasteiger partial charge in [0.15, 0.2) is 0 Å². The van der Waals surface area contributed by atoms with Gasteiger partial charge in [-0.1, -0.05) is 12.1 Å². The summed E-state index contributed by atoms with van der Waals surface area (Å²) in [5.41, 5.74) is 9.38. The first-order chi connectivity index (χ1) is 10.2. The van der Waals surface area contributed by atoms with Crippen LogP contribution in [0.1, 0.15) is 40.7 Å². The van der Waals surface area contributed by atoms with Gasteiger partial charge in [-0.15, -0.1) is 0 Å². The summed E-state index contributed by atoms with van der Waals surface area (Å²) in [7, 11) is 1.74. The van der Waals surface area contributed by atoms with E-state index < -0.39 is 0 Å². The number of ether oxygens (including phenoxy) is 1. The number of nitrogens with two attached hydrogens (primary N) is 1. The minimum Gasteiger partial charge on any atom is -0.381 e. The minimum atomic E-state index is 0.0912. The third-order valence-corrected chi connectivity index (χ3v) is 4.91. The predicted molar refractivity (Wildman–Crippen MR) is 82.4 cm³/mol. The van der Waals surface area contributed by atoms with Crippen molar-refractivity contribution in [2.75, 3.05) is 20.2 Å². The molecule has 4 nitrogen and oxygen atoms in total. The summed E-state index contributed by atoms with van der Waals surface area (Å²) in [6.07, 6.45) is 5.25. The molecule has 0 bridgehead atoms. The highest BCUT2D eigenvalue weighted by Crippen LogP contribution is 2.28. The molecule has 3 rings (SSSR count). The number of methoxy groups -OCH3 is 1. The van der Waals surface area contributed by atoms with Gasteiger partial charge in [-0.3, -0.25) is 4.79 Å². The molecule has 2 aliphatic rings. The molecule has 1 amide bonds. The van der Waals surface area contributed by atoms with Crippen molar-refractivity contribution in [3.8, 4) is 0 Å². The Morgan fingerprint density at radius 3 is 3.05 bits per heavy atom. The van der Waals surface area contributed by atoms with Crippen molar-refractivity contribution >= 4 is 5.91 Å². The number of likely N-dealkylation sites (tertiary alicyclic amines) is 1. The Kier molecular flexibility index (Phi) is 4.27. The maximum absolute atomic E-state index is 13.0. The first-order valence-electron chi connectivity index (χ1n) is 7.89. The molecular weight excluding hydrogens is 264 g/mol. The molecule has 1 aliphatic carbocycles. The lowest BCUT2D eigenvalue weighted by molar-refractivity contribution is 0.0138. The fourth-order valence-electron chi connectivity index (χ4n) is 3.69. The average molecular weight is 288 g/mol. The van der Waals surface area contributed by atoms with Crippen molar-refractivity contribution in [2.45, 2.75) is 44.2 Å². The molecule has 0 radical (unpaired) electrons. The van der Waals surface area contributed by atoms with Gasteiger partial charge in [0.1, 0.15) is 0 Å². The highest BCUT2D eigenvalue weighted by atomic mass is 16.5. The molecule has 4 heteroatoms. The van der Waals surface area contributed by atoms with Crippen LogP contribution in [0.5, 0.6) is 0 Å². The van der Waals surface area contributed by atoms with Gasteiger partial charge in [-0.05, 0) is 49.3 Å². The SMILES string of the molecule is COC1CCN(C(=O)c2cccc3c2CCC3)C(CN)C1. The van der Waals surface area contributed by atoms with E-state index in [-0.39, 0.29) is 18.1 Å². The second-order valence-electron chi connectivity index (χ2n) is 6.07. The molecule has 1 aromatic carbocycles. The summed E-state index contributed by atoms with van der Waals surface area (Å²) >= 11 is 0. The largest absolute Gasteiger partial charge is 0.381 e. The molecule has 2 unspecified atom stereocenters. The van der Waals surface area contributed by atoms with Gasteiger partial charge < -0.3 is 15.4 Å². The highest BCUT2D eigenvalue weighted by Gasteiger charge is 2.32. The first kappa shape index (κ1) is 14.5. The molecule has 1 heterocycles. The number of amides is 1. The number of piperidine rings is 1. The Balaban J connectivity index is 1.83. The third-order valence-electron chi connectivity index (χ3n) is 4.91. The van der Waals surface area contributed by atoms with Crippen LogP contribution in [-0.4, -0.2) is 43.2 Å². The van der Waals surface area contributed by atoms with E-state index in [0.29, 0.717) is 6.54 Å². The van der Waals surface area contributed by atoms with Crippen LogP contribution in [0.25, 0.3) is 0 Å². The van der Waals surface area contributed by atoms with Crippen molar-refractivity contribution in [3.05, 3.63) is 34.9 Å². The maximum atomic E-state index is 13.0. The second-order valence-corrected chi connectivity index (χ2v) is 6.07. The van der Waals surface area contributed by atoms with Gasteiger partial charge in [0.2, 0.25) is 0 Å². The molecule has 0 aromatic heterocycles. The quantitative estimate of drug-likeness (QED) is 0.922. The molecule has 114 valence electrons. The van der Waals surface area contributed by atoms with E-state index >= 15 is 0 Å². The van der Waals surface area contributed by atoms with Gasteiger partial charge >= 0.3 is 0 Å². The molecule has 21 heavy (non-hydrogen) atoms. The molecule has 1 fully saturated rings. The van der Waals surface area contributed by atoms with Crippen LogP contribution in [0.15, 0.2) is 18.2 Å². The summed E-state index contributed by atoms with van der Waals surface area (Å²) in [5, 5.41) is 0. The van der Waals surface area contributed by atoms with Gasteiger partial charge in [0.25, 0.3) is 5.91 Å². The van der Waals surface area contributed by atoms with Gasteiger partial charge in [0.05, 0.1) is 6.10 Å². The number of rotatable bonds is 3. The fourth-order valence-corrected chi connectivity index (χ4v) is 3.69. The van der Waals surface area contributed by atoms with Crippen LogP contribution in [0.2, 0.25) is 0 Å². The van der Waals surface area contributed by atoms with Gasteiger partial charge in [-0.25, -0.2) is 0 Å². The Morgan fingerprint density at radius 1 is 1.43 bits per heavy atom. The Morgan fingerprint density at radius 2 is 2.29 bits per heavy atom. The van der Waals surface area contributed by atoms with Crippen LogP contribution < -0.4 is 5.73 Å². The summed E-state index contributed by atoms with van der Waals surface area (Å²) in [6.45, 7) is 1.24. The van der Waals surface area contributed by atoms with Crippen molar-refractivity contribution in [1.29, 1.82) is 0 Å². The molecular formula is C17H24N2O2. The summed E-state index contributed by atoms with van der Waals surface area (Å²) in [6, 6.07) is 6.23. The number of aryl methyl sites for hydroxylation is 1. The molecule has 1 saturated heterocycles. The third kappa shape index (κ3) is 2.70. The van der Waals surface area contributed by atoms with E-state index in [0.717, 1.165) is 44.2 Å². The molecule has 1 aliphatic heterocycles. The van der Waals surface area contributed by atoms with Crippen LogP contribution in [-0.2, 0) is 17.6 Å². The summed E-state index contributed by atoms with van der Waals surface area (Å²) in [5.74, 6) is 0.152. The lowest BCUT2D eigenvalue weighted by Crippen LogP contribution is -2.51. The lowest BCUT2D eigenvalue weighted by Gasteiger charge is -2.38. The predicted octanol–water partition coefficient (Wildman–Crippen LogP) is 1.75. The monoisotopic (exact) mass is 288 g/mol. The molecule has 0 saturated carbocycles. The normalized spacial score (nSPS) is 25.0. The Labute approximate surface area is 126 Å². The van der Waals surface area contributed by atoms with E-state index in [4.69, 9.17) is 10.5 Å². The first-order valence-corrected chi connectivity index (χ1v) is 7.89. The Hall–Kier alpha value is -1.39. The van der Waals surface area contributed by atoms with Gasteiger partial charge in [0, 0.05) is 31.8 Å². The zero-order chi connectivity index (χ0) is 14.8. The van der Waals surface area contributed by atoms with Crippen molar-refractivity contribution in [2.24, 2.45) is 5.73 Å². The van der Waals surface area contributed by atoms with E-state index in [1.165, 1.54) is 11.1 Å². The number of hydrogen-bond acceptors (Lipinski definition) is 3. The zero-order valence-corrected chi connectivity index (χ0v) is 12.7. The standard InChI is InChI=1S/C17H24N2O2/c1-21-14-8-9-19(13(10-14)11-18)17(20)16-7-3-5-12-4-2-6-15(12)16/h3,5,7,13-14H,2,4,6,8-11,18H2,1H3. The van der Waals surface area contributed by atoms with Crippen LogP contribution >= 0.6 is 0 Å².